The maximum atomic E-state index is 10.8. The summed E-state index contributed by atoms with van der Waals surface area (Å²) in [7, 11) is 1.61. The van der Waals surface area contributed by atoms with Gasteiger partial charge in [0.15, 0.2) is 0 Å². The molecule has 0 radical (unpaired) electrons. The predicted molar refractivity (Wildman–Crippen MR) is 93.4 cm³/mol. The van der Waals surface area contributed by atoms with Crippen LogP contribution in [0.5, 0.6) is 5.75 Å². The molecule has 0 aliphatic heterocycles. The first-order valence-corrected chi connectivity index (χ1v) is 8.29. The third-order valence-electron chi connectivity index (χ3n) is 3.44. The highest BCUT2D eigenvalue weighted by Gasteiger charge is 2.23. The molecule has 2 aromatic rings. The lowest BCUT2D eigenvalue weighted by Gasteiger charge is -2.21. The summed E-state index contributed by atoms with van der Waals surface area (Å²) in [5.41, 5.74) is 3.42. The van der Waals surface area contributed by atoms with E-state index in [0.29, 0.717) is 10.8 Å². The predicted octanol–water partition coefficient (Wildman–Crippen LogP) is 5.57. The Labute approximate surface area is 146 Å². The van der Waals surface area contributed by atoms with Crippen molar-refractivity contribution in [3.05, 3.63) is 60.5 Å². The molecule has 0 fully saturated rings. The van der Waals surface area contributed by atoms with E-state index in [4.69, 9.17) is 16.3 Å². The Hall–Kier alpha value is -0.550. The van der Waals surface area contributed by atoms with Gasteiger partial charge in [0.2, 0.25) is 0 Å². The number of aliphatic hydroxyl groups excluding tert-OH is 1. The molecule has 1 atom stereocenters. The Balaban J connectivity index is 2.65. The number of aryl methyl sites for hydroxylation is 1. The zero-order chi connectivity index (χ0) is 15.7. The summed E-state index contributed by atoms with van der Waals surface area (Å²) in [4.78, 5) is 0. The molecule has 0 aromatic heterocycles. The first-order valence-electron chi connectivity index (χ1n) is 6.33. The van der Waals surface area contributed by atoms with E-state index in [0.717, 1.165) is 31.2 Å². The Morgan fingerprint density at radius 1 is 1.14 bits per heavy atom. The van der Waals surface area contributed by atoms with Crippen LogP contribution in [0.15, 0.2) is 33.2 Å². The zero-order valence-electron chi connectivity index (χ0n) is 11.9. The van der Waals surface area contributed by atoms with E-state index in [-0.39, 0.29) is 0 Å². The molecule has 0 spiro atoms. The summed E-state index contributed by atoms with van der Waals surface area (Å²) in [6.45, 7) is 3.91. The van der Waals surface area contributed by atoms with Crippen LogP contribution in [0.4, 0.5) is 0 Å². The average molecular weight is 435 g/mol. The topological polar surface area (TPSA) is 29.5 Å². The van der Waals surface area contributed by atoms with Gasteiger partial charge in [0.1, 0.15) is 11.9 Å². The van der Waals surface area contributed by atoms with E-state index in [1.807, 2.05) is 26.0 Å². The highest BCUT2D eigenvalue weighted by atomic mass is 79.9. The van der Waals surface area contributed by atoms with Crippen molar-refractivity contribution >= 4 is 43.5 Å². The highest BCUT2D eigenvalue weighted by Crippen LogP contribution is 2.40. The van der Waals surface area contributed by atoms with Gasteiger partial charge in [0, 0.05) is 19.5 Å². The summed E-state index contributed by atoms with van der Waals surface area (Å²) in [6.07, 6.45) is -0.803. The number of ether oxygens (including phenoxy) is 1. The van der Waals surface area contributed by atoms with Crippen LogP contribution in [0.2, 0.25) is 5.02 Å². The van der Waals surface area contributed by atoms with Gasteiger partial charge in [0.25, 0.3) is 0 Å². The van der Waals surface area contributed by atoms with E-state index in [1.165, 1.54) is 0 Å². The van der Waals surface area contributed by atoms with Gasteiger partial charge in [-0.05, 0) is 48.7 Å². The van der Waals surface area contributed by atoms with Crippen molar-refractivity contribution in [2.24, 2.45) is 0 Å². The fourth-order valence-electron chi connectivity index (χ4n) is 2.35. The molecule has 2 nitrogen and oxygen atoms in total. The lowest BCUT2D eigenvalue weighted by Crippen LogP contribution is -2.07. The molecular weight excluding hydrogens is 419 g/mol. The van der Waals surface area contributed by atoms with Gasteiger partial charge in [-0.15, -0.1) is 0 Å². The van der Waals surface area contributed by atoms with Crippen LogP contribution in [0.25, 0.3) is 0 Å². The molecule has 0 heterocycles. The fraction of sp³-hybridized carbons (Fsp3) is 0.250. The van der Waals surface area contributed by atoms with Crippen LogP contribution in [-0.4, -0.2) is 12.2 Å². The summed E-state index contributed by atoms with van der Waals surface area (Å²) >= 11 is 13.0. The minimum atomic E-state index is -0.803. The van der Waals surface area contributed by atoms with E-state index in [2.05, 4.69) is 31.9 Å². The number of hydrogen-bond acceptors (Lipinski definition) is 2. The number of aliphatic hydroxyl groups is 1. The van der Waals surface area contributed by atoms with Crippen LogP contribution < -0.4 is 4.74 Å². The zero-order valence-corrected chi connectivity index (χ0v) is 15.8. The Bertz CT molecular complexity index is 686. The van der Waals surface area contributed by atoms with Gasteiger partial charge < -0.3 is 9.84 Å². The van der Waals surface area contributed by atoms with Gasteiger partial charge in [-0.2, -0.15) is 0 Å². The first kappa shape index (κ1) is 16.8. The van der Waals surface area contributed by atoms with Crippen molar-refractivity contribution in [3.8, 4) is 5.75 Å². The lowest BCUT2D eigenvalue weighted by molar-refractivity contribution is 0.213. The van der Waals surface area contributed by atoms with Crippen molar-refractivity contribution in [2.75, 3.05) is 7.11 Å². The Morgan fingerprint density at radius 2 is 1.81 bits per heavy atom. The maximum absolute atomic E-state index is 10.8. The molecule has 2 aromatic carbocycles. The third kappa shape index (κ3) is 3.29. The number of halogens is 3. The molecule has 0 saturated carbocycles. The summed E-state index contributed by atoms with van der Waals surface area (Å²) in [6, 6.07) is 7.33. The quantitative estimate of drug-likeness (QED) is 0.684. The van der Waals surface area contributed by atoms with Crippen LogP contribution in [0.3, 0.4) is 0 Å². The lowest BCUT2D eigenvalue weighted by atomic mass is 9.94. The van der Waals surface area contributed by atoms with Crippen LogP contribution in [0.1, 0.15) is 28.4 Å². The number of hydrogen-bond donors (Lipinski definition) is 1. The molecule has 0 aliphatic carbocycles. The monoisotopic (exact) mass is 432 g/mol. The molecule has 0 bridgehead atoms. The van der Waals surface area contributed by atoms with Gasteiger partial charge in [-0.3, -0.25) is 0 Å². The molecule has 0 amide bonds. The second-order valence-electron chi connectivity index (χ2n) is 4.82. The largest absolute Gasteiger partial charge is 0.496 e. The maximum Gasteiger partial charge on any atom is 0.128 e. The third-order valence-corrected chi connectivity index (χ3v) is 5.19. The highest BCUT2D eigenvalue weighted by molar-refractivity contribution is 9.10. The molecule has 21 heavy (non-hydrogen) atoms. The fourth-order valence-corrected chi connectivity index (χ4v) is 3.81. The molecule has 1 N–H and O–H groups in total. The van der Waals surface area contributed by atoms with Crippen LogP contribution in [0, 0.1) is 13.8 Å². The number of rotatable bonds is 3. The summed E-state index contributed by atoms with van der Waals surface area (Å²) < 4.78 is 7.21. The molecule has 5 heteroatoms. The number of methoxy groups -OCH3 is 1. The second-order valence-corrected chi connectivity index (χ2v) is 6.96. The van der Waals surface area contributed by atoms with Crippen molar-refractivity contribution < 1.29 is 9.84 Å². The van der Waals surface area contributed by atoms with E-state index in [9.17, 15) is 5.11 Å². The smallest absolute Gasteiger partial charge is 0.128 e. The minimum absolute atomic E-state index is 0.618. The molecule has 2 rings (SSSR count). The average Bonchev–Trinajstić information content (AvgIpc) is 2.41. The van der Waals surface area contributed by atoms with Gasteiger partial charge in [-0.1, -0.05) is 49.5 Å². The standard InChI is InChI=1S/C16H15Br2ClO2/c1-8-6-12(17)9(2)14(16(8)21-3)15(20)11-5-4-10(19)7-13(11)18/h4-7,15,20H,1-3H3. The van der Waals surface area contributed by atoms with E-state index >= 15 is 0 Å². The summed E-state index contributed by atoms with van der Waals surface area (Å²) in [5.74, 6) is 0.699. The Kier molecular flexibility index (Phi) is 5.36. The van der Waals surface area contributed by atoms with E-state index < -0.39 is 6.10 Å². The van der Waals surface area contributed by atoms with Gasteiger partial charge in [-0.25, -0.2) is 0 Å². The van der Waals surface area contributed by atoms with E-state index in [1.54, 1.807) is 19.2 Å². The van der Waals surface area contributed by atoms with Crippen molar-refractivity contribution in [2.45, 2.75) is 20.0 Å². The van der Waals surface area contributed by atoms with Crippen LogP contribution >= 0.6 is 43.5 Å². The number of benzene rings is 2. The molecule has 112 valence electrons. The summed E-state index contributed by atoms with van der Waals surface area (Å²) in [5, 5.41) is 11.4. The molecule has 0 aliphatic rings. The van der Waals surface area contributed by atoms with Crippen molar-refractivity contribution in [1.82, 2.24) is 0 Å². The van der Waals surface area contributed by atoms with Crippen molar-refractivity contribution in [3.63, 3.8) is 0 Å². The second kappa shape index (κ2) is 6.69. The minimum Gasteiger partial charge on any atom is -0.496 e. The first-order chi connectivity index (χ1) is 9.86. The Morgan fingerprint density at radius 3 is 2.38 bits per heavy atom. The SMILES string of the molecule is COc1c(C)cc(Br)c(C)c1C(O)c1ccc(Cl)cc1Br. The normalized spacial score (nSPS) is 12.3. The van der Waals surface area contributed by atoms with Gasteiger partial charge >= 0.3 is 0 Å². The molecular formula is C16H15Br2ClO2. The van der Waals surface area contributed by atoms with Gasteiger partial charge in [0.05, 0.1) is 7.11 Å². The molecule has 0 saturated heterocycles. The van der Waals surface area contributed by atoms with Crippen molar-refractivity contribution in [1.29, 1.82) is 0 Å². The molecule has 1 unspecified atom stereocenters. The van der Waals surface area contributed by atoms with Crippen LogP contribution in [-0.2, 0) is 0 Å².